The molecule has 0 heterocycles. The van der Waals surface area contributed by atoms with Crippen molar-refractivity contribution in [2.75, 3.05) is 12.4 Å². The van der Waals surface area contributed by atoms with Crippen molar-refractivity contribution in [3.63, 3.8) is 0 Å². The van der Waals surface area contributed by atoms with Crippen molar-refractivity contribution in [2.45, 2.75) is 38.1 Å². The van der Waals surface area contributed by atoms with E-state index in [2.05, 4.69) is 15.4 Å². The van der Waals surface area contributed by atoms with Gasteiger partial charge in [-0.15, -0.1) is 0 Å². The molecule has 1 aliphatic carbocycles. The minimum Gasteiger partial charge on any atom is -0.469 e. The van der Waals surface area contributed by atoms with Crippen LogP contribution in [0.5, 0.6) is 0 Å². The third-order valence-corrected chi connectivity index (χ3v) is 3.48. The predicted molar refractivity (Wildman–Crippen MR) is 76.6 cm³/mol. The Hall–Kier alpha value is -2.04. The normalized spacial score (nSPS) is 14.8. The van der Waals surface area contributed by atoms with Crippen molar-refractivity contribution in [2.24, 2.45) is 0 Å². The Balaban J connectivity index is 1.83. The maximum Gasteiger partial charge on any atom is 0.319 e. The molecule has 2 rings (SSSR count). The van der Waals surface area contributed by atoms with Gasteiger partial charge in [-0.25, -0.2) is 4.79 Å². The van der Waals surface area contributed by atoms with Crippen molar-refractivity contribution in [3.8, 4) is 0 Å². The van der Waals surface area contributed by atoms with Crippen molar-refractivity contribution in [1.82, 2.24) is 5.32 Å². The predicted octanol–water partition coefficient (Wildman–Crippen LogP) is 2.47. The first kappa shape index (κ1) is 14.4. The molecule has 20 heavy (non-hydrogen) atoms. The molecule has 2 amide bonds. The quantitative estimate of drug-likeness (QED) is 0.830. The molecule has 0 atom stereocenters. The van der Waals surface area contributed by atoms with Crippen LogP contribution < -0.4 is 10.6 Å². The van der Waals surface area contributed by atoms with Crippen molar-refractivity contribution >= 4 is 17.7 Å². The number of nitrogens with one attached hydrogen (secondary N) is 2. The molecule has 108 valence electrons. The van der Waals surface area contributed by atoms with E-state index in [1.165, 1.54) is 20.0 Å². The van der Waals surface area contributed by atoms with E-state index >= 15 is 0 Å². The number of anilines is 1. The highest BCUT2D eigenvalue weighted by molar-refractivity contribution is 5.89. The number of urea groups is 1. The summed E-state index contributed by atoms with van der Waals surface area (Å²) in [5.74, 6) is -0.273. The summed E-state index contributed by atoms with van der Waals surface area (Å²) < 4.78 is 4.60. The summed E-state index contributed by atoms with van der Waals surface area (Å²) >= 11 is 0. The van der Waals surface area contributed by atoms with Crippen LogP contribution in [0.25, 0.3) is 0 Å². The van der Waals surface area contributed by atoms with Gasteiger partial charge in [0.25, 0.3) is 0 Å². The lowest BCUT2D eigenvalue weighted by Gasteiger charge is -2.13. The lowest BCUT2D eigenvalue weighted by atomic mass is 10.1. The second-order valence-corrected chi connectivity index (χ2v) is 5.03. The highest BCUT2D eigenvalue weighted by Crippen LogP contribution is 2.18. The van der Waals surface area contributed by atoms with E-state index in [4.69, 9.17) is 0 Å². The number of hydrogen-bond acceptors (Lipinski definition) is 3. The Labute approximate surface area is 118 Å². The summed E-state index contributed by atoms with van der Waals surface area (Å²) in [6, 6.07) is 7.31. The molecule has 0 unspecified atom stereocenters. The molecule has 1 aliphatic rings. The van der Waals surface area contributed by atoms with Gasteiger partial charge in [0.05, 0.1) is 13.5 Å². The van der Waals surface area contributed by atoms with Crippen LogP contribution in [-0.2, 0) is 16.0 Å². The SMILES string of the molecule is COC(=O)Cc1ccc(NC(=O)NC2CCCC2)cc1. The number of methoxy groups -OCH3 is 1. The van der Waals surface area contributed by atoms with Gasteiger partial charge in [0.2, 0.25) is 0 Å². The molecule has 5 nitrogen and oxygen atoms in total. The average molecular weight is 276 g/mol. The number of hydrogen-bond donors (Lipinski definition) is 2. The van der Waals surface area contributed by atoms with Crippen molar-refractivity contribution in [1.29, 1.82) is 0 Å². The lowest BCUT2D eigenvalue weighted by molar-refractivity contribution is -0.139. The molecule has 0 aromatic heterocycles. The maximum absolute atomic E-state index is 11.8. The number of benzene rings is 1. The van der Waals surface area contributed by atoms with E-state index in [-0.39, 0.29) is 18.4 Å². The summed E-state index contributed by atoms with van der Waals surface area (Å²) in [5.41, 5.74) is 1.58. The van der Waals surface area contributed by atoms with Gasteiger partial charge in [-0.1, -0.05) is 25.0 Å². The molecular weight excluding hydrogens is 256 g/mol. The fourth-order valence-electron chi connectivity index (χ4n) is 2.37. The zero-order valence-corrected chi connectivity index (χ0v) is 11.6. The van der Waals surface area contributed by atoms with E-state index in [0.717, 1.165) is 18.4 Å². The van der Waals surface area contributed by atoms with Crippen LogP contribution >= 0.6 is 0 Å². The zero-order chi connectivity index (χ0) is 14.4. The largest absolute Gasteiger partial charge is 0.469 e. The van der Waals surface area contributed by atoms with Gasteiger partial charge in [-0.2, -0.15) is 0 Å². The number of ether oxygens (including phenoxy) is 1. The van der Waals surface area contributed by atoms with E-state index < -0.39 is 0 Å². The molecule has 1 saturated carbocycles. The molecule has 1 fully saturated rings. The standard InChI is InChI=1S/C15H20N2O3/c1-20-14(18)10-11-6-8-13(9-7-11)17-15(19)16-12-4-2-3-5-12/h6-9,12H,2-5,10H2,1H3,(H2,16,17,19). The first-order chi connectivity index (χ1) is 9.67. The molecule has 0 aliphatic heterocycles. The third kappa shape index (κ3) is 4.26. The van der Waals surface area contributed by atoms with Crippen LogP contribution in [0, 0.1) is 0 Å². The van der Waals surface area contributed by atoms with Gasteiger partial charge >= 0.3 is 12.0 Å². The number of esters is 1. The van der Waals surface area contributed by atoms with E-state index in [1.807, 2.05) is 12.1 Å². The van der Waals surface area contributed by atoms with Crippen LogP contribution in [0.2, 0.25) is 0 Å². The van der Waals surface area contributed by atoms with Gasteiger partial charge in [0, 0.05) is 11.7 Å². The van der Waals surface area contributed by atoms with E-state index in [9.17, 15) is 9.59 Å². The molecule has 0 bridgehead atoms. The summed E-state index contributed by atoms with van der Waals surface area (Å²) in [7, 11) is 1.37. The summed E-state index contributed by atoms with van der Waals surface area (Å²) in [6.07, 6.45) is 4.74. The average Bonchev–Trinajstić information content (AvgIpc) is 2.93. The van der Waals surface area contributed by atoms with Crippen LogP contribution in [0.15, 0.2) is 24.3 Å². The molecule has 0 spiro atoms. The zero-order valence-electron chi connectivity index (χ0n) is 11.6. The molecular formula is C15H20N2O3. The Morgan fingerprint density at radius 2 is 1.85 bits per heavy atom. The second-order valence-electron chi connectivity index (χ2n) is 5.03. The van der Waals surface area contributed by atoms with E-state index in [0.29, 0.717) is 11.7 Å². The van der Waals surface area contributed by atoms with Gasteiger partial charge in [-0.05, 0) is 30.5 Å². The Morgan fingerprint density at radius 3 is 2.45 bits per heavy atom. The second kappa shape index (κ2) is 6.93. The van der Waals surface area contributed by atoms with Gasteiger partial charge < -0.3 is 15.4 Å². The van der Waals surface area contributed by atoms with Crippen molar-refractivity contribution < 1.29 is 14.3 Å². The Bertz CT molecular complexity index is 465. The van der Waals surface area contributed by atoms with Gasteiger partial charge in [0.1, 0.15) is 0 Å². The topological polar surface area (TPSA) is 67.4 Å². The highest BCUT2D eigenvalue weighted by atomic mass is 16.5. The van der Waals surface area contributed by atoms with Gasteiger partial charge in [0.15, 0.2) is 0 Å². The first-order valence-corrected chi connectivity index (χ1v) is 6.90. The van der Waals surface area contributed by atoms with Gasteiger partial charge in [-0.3, -0.25) is 4.79 Å². The maximum atomic E-state index is 11.8. The fraction of sp³-hybridized carbons (Fsp3) is 0.467. The minimum atomic E-state index is -0.273. The summed E-state index contributed by atoms with van der Waals surface area (Å²) in [4.78, 5) is 22.9. The molecule has 1 aromatic rings. The van der Waals surface area contributed by atoms with Crippen LogP contribution in [-0.4, -0.2) is 25.2 Å². The molecule has 2 N–H and O–H groups in total. The number of amides is 2. The Kier molecular flexibility index (Phi) is 4.98. The minimum absolute atomic E-state index is 0.169. The summed E-state index contributed by atoms with van der Waals surface area (Å²) in [5, 5.41) is 5.76. The molecule has 0 radical (unpaired) electrons. The number of carbonyl (C=O) groups is 2. The smallest absolute Gasteiger partial charge is 0.319 e. The number of carbonyl (C=O) groups excluding carboxylic acids is 2. The fourth-order valence-corrected chi connectivity index (χ4v) is 2.37. The van der Waals surface area contributed by atoms with Crippen LogP contribution in [0.4, 0.5) is 10.5 Å². The number of rotatable bonds is 4. The first-order valence-electron chi connectivity index (χ1n) is 6.90. The molecule has 0 saturated heterocycles. The lowest BCUT2D eigenvalue weighted by Crippen LogP contribution is -2.36. The molecule has 1 aromatic carbocycles. The monoisotopic (exact) mass is 276 g/mol. The van der Waals surface area contributed by atoms with Crippen molar-refractivity contribution in [3.05, 3.63) is 29.8 Å². The highest BCUT2D eigenvalue weighted by Gasteiger charge is 2.16. The molecule has 5 heteroatoms. The third-order valence-electron chi connectivity index (χ3n) is 3.48. The van der Waals surface area contributed by atoms with Crippen LogP contribution in [0.1, 0.15) is 31.2 Å². The summed E-state index contributed by atoms with van der Waals surface area (Å²) in [6.45, 7) is 0. The van der Waals surface area contributed by atoms with E-state index in [1.54, 1.807) is 12.1 Å². The Morgan fingerprint density at radius 1 is 1.20 bits per heavy atom. The van der Waals surface area contributed by atoms with Crippen LogP contribution in [0.3, 0.4) is 0 Å².